The van der Waals surface area contributed by atoms with Gasteiger partial charge in [-0.1, -0.05) is 30.3 Å². The zero-order chi connectivity index (χ0) is 20.8. The number of alkyl halides is 3. The molecule has 0 fully saturated rings. The van der Waals surface area contributed by atoms with Gasteiger partial charge in [-0.2, -0.15) is 13.2 Å². The first-order valence-electron chi connectivity index (χ1n) is 9.81. The highest BCUT2D eigenvalue weighted by atomic mass is 19.4. The molecule has 1 heterocycles. The molecule has 0 saturated carbocycles. The highest BCUT2D eigenvalue weighted by Crippen LogP contribution is 2.46. The van der Waals surface area contributed by atoms with Gasteiger partial charge in [0.1, 0.15) is 0 Å². The van der Waals surface area contributed by atoms with Gasteiger partial charge in [-0.05, 0) is 81.6 Å². The van der Waals surface area contributed by atoms with Crippen LogP contribution in [0.4, 0.5) is 13.2 Å². The minimum Gasteiger partial charge on any atom is -0.256 e. The summed E-state index contributed by atoms with van der Waals surface area (Å²) in [4.78, 5) is 4.69. The van der Waals surface area contributed by atoms with Crippen molar-refractivity contribution < 1.29 is 13.2 Å². The molecule has 0 atom stereocenters. The van der Waals surface area contributed by atoms with Crippen molar-refractivity contribution >= 4 is 54.0 Å². The summed E-state index contributed by atoms with van der Waals surface area (Å²) >= 11 is 0. The van der Waals surface area contributed by atoms with Gasteiger partial charge in [-0.25, -0.2) is 0 Å². The topological polar surface area (TPSA) is 12.9 Å². The van der Waals surface area contributed by atoms with E-state index < -0.39 is 11.7 Å². The Morgan fingerprint density at radius 1 is 0.633 bits per heavy atom. The van der Waals surface area contributed by atoms with Crippen LogP contribution in [0, 0.1) is 13.8 Å². The molecule has 0 spiro atoms. The van der Waals surface area contributed by atoms with Gasteiger partial charge in [0, 0.05) is 22.4 Å². The number of fused-ring (bicyclic) bond motifs is 6. The van der Waals surface area contributed by atoms with Gasteiger partial charge in [0.25, 0.3) is 0 Å². The highest BCUT2D eigenvalue weighted by Gasteiger charge is 2.32. The molecule has 0 aliphatic heterocycles. The number of pyridine rings is 1. The molecule has 6 rings (SSSR count). The number of rotatable bonds is 0. The van der Waals surface area contributed by atoms with Crippen LogP contribution < -0.4 is 0 Å². The van der Waals surface area contributed by atoms with Crippen LogP contribution in [0.15, 0.2) is 60.8 Å². The quantitative estimate of drug-likeness (QED) is 0.187. The number of halogens is 3. The molecule has 0 N–H and O–H groups in total. The molecule has 1 aromatic heterocycles. The van der Waals surface area contributed by atoms with Crippen molar-refractivity contribution in [3.05, 3.63) is 77.5 Å². The third-order valence-electron chi connectivity index (χ3n) is 6.35. The first-order valence-corrected chi connectivity index (χ1v) is 9.81. The molecule has 5 aromatic carbocycles. The summed E-state index contributed by atoms with van der Waals surface area (Å²) in [5, 5.41) is 7.56. The van der Waals surface area contributed by atoms with Crippen LogP contribution in [0.3, 0.4) is 0 Å². The Kier molecular flexibility index (Phi) is 3.26. The van der Waals surface area contributed by atoms with Gasteiger partial charge in [-0.15, -0.1) is 0 Å². The normalized spacial score (nSPS) is 12.8. The maximum absolute atomic E-state index is 13.9. The largest absolute Gasteiger partial charge is 0.416 e. The van der Waals surface area contributed by atoms with Crippen molar-refractivity contribution in [2.24, 2.45) is 0 Å². The lowest BCUT2D eigenvalue weighted by Gasteiger charge is -2.19. The van der Waals surface area contributed by atoms with Gasteiger partial charge in [0.2, 0.25) is 0 Å². The summed E-state index contributed by atoms with van der Waals surface area (Å²) in [6.45, 7) is 4.01. The molecule has 30 heavy (non-hydrogen) atoms. The lowest BCUT2D eigenvalue weighted by Crippen LogP contribution is -2.05. The second kappa shape index (κ2) is 5.60. The van der Waals surface area contributed by atoms with Crippen molar-refractivity contribution in [3.8, 4) is 0 Å². The Morgan fingerprint density at radius 2 is 1.23 bits per heavy atom. The zero-order valence-electron chi connectivity index (χ0n) is 16.4. The van der Waals surface area contributed by atoms with E-state index in [9.17, 15) is 13.2 Å². The molecule has 0 aliphatic carbocycles. The van der Waals surface area contributed by atoms with E-state index in [0.717, 1.165) is 54.3 Å². The highest BCUT2D eigenvalue weighted by molar-refractivity contribution is 6.39. The predicted octanol–water partition coefficient (Wildman–Crippen LogP) is 7.92. The minimum absolute atomic E-state index is 0.619. The van der Waals surface area contributed by atoms with E-state index in [2.05, 4.69) is 11.1 Å². The van der Waals surface area contributed by atoms with E-state index >= 15 is 0 Å². The Morgan fingerprint density at radius 3 is 1.90 bits per heavy atom. The summed E-state index contributed by atoms with van der Waals surface area (Å²) in [6.07, 6.45) is -2.63. The summed E-state index contributed by atoms with van der Waals surface area (Å²) in [5.41, 5.74) is 2.37. The average Bonchev–Trinajstić information content (AvgIpc) is 2.73. The Hall–Kier alpha value is -3.40. The lowest BCUT2D eigenvalue weighted by molar-refractivity contribution is -0.137. The predicted molar refractivity (Wildman–Crippen MR) is 117 cm³/mol. The van der Waals surface area contributed by atoms with Crippen molar-refractivity contribution in [1.29, 1.82) is 0 Å². The molecule has 0 saturated heterocycles. The number of hydrogen-bond acceptors (Lipinski definition) is 1. The minimum atomic E-state index is -4.42. The molecule has 6 aromatic rings. The Bertz CT molecular complexity index is 1640. The van der Waals surface area contributed by atoms with Crippen molar-refractivity contribution in [1.82, 2.24) is 4.98 Å². The molecule has 0 unspecified atom stereocenters. The number of hydrogen-bond donors (Lipinski definition) is 0. The zero-order valence-corrected chi connectivity index (χ0v) is 16.4. The maximum atomic E-state index is 13.9. The van der Waals surface area contributed by atoms with Gasteiger partial charge in [0.15, 0.2) is 0 Å². The molecule has 0 radical (unpaired) electrons. The first kappa shape index (κ1) is 17.5. The molecule has 4 heteroatoms. The van der Waals surface area contributed by atoms with Crippen LogP contribution in [0.2, 0.25) is 0 Å². The van der Waals surface area contributed by atoms with E-state index in [1.54, 1.807) is 6.20 Å². The summed E-state index contributed by atoms with van der Waals surface area (Å²) < 4.78 is 41.6. The summed E-state index contributed by atoms with van der Waals surface area (Å²) in [6, 6.07) is 16.3. The average molecular weight is 399 g/mol. The van der Waals surface area contributed by atoms with E-state index in [1.165, 1.54) is 12.1 Å². The smallest absolute Gasteiger partial charge is 0.256 e. The first-order chi connectivity index (χ1) is 14.3. The molecular weight excluding hydrogens is 383 g/mol. The molecular formula is C26H16F3N. The van der Waals surface area contributed by atoms with E-state index in [-0.39, 0.29) is 0 Å². The van der Waals surface area contributed by atoms with Crippen molar-refractivity contribution in [2.75, 3.05) is 0 Å². The SMILES string of the molecule is Cc1cc2c(cc1C)c1nccc3c4ccccc4c4cc(C(F)(F)F)cc2c4c31. The number of aryl methyl sites for hydroxylation is 2. The molecule has 146 valence electrons. The van der Waals surface area contributed by atoms with Crippen LogP contribution in [0.25, 0.3) is 54.0 Å². The van der Waals surface area contributed by atoms with Gasteiger partial charge in [0.05, 0.1) is 11.1 Å². The van der Waals surface area contributed by atoms with Crippen LogP contribution in [-0.2, 0) is 6.18 Å². The molecule has 0 aliphatic rings. The number of benzene rings is 5. The fraction of sp³-hybridized carbons (Fsp3) is 0.115. The van der Waals surface area contributed by atoms with Crippen LogP contribution >= 0.6 is 0 Å². The van der Waals surface area contributed by atoms with Crippen LogP contribution in [0.5, 0.6) is 0 Å². The van der Waals surface area contributed by atoms with E-state index in [4.69, 9.17) is 0 Å². The Balaban J connectivity index is 2.06. The summed E-state index contributed by atoms with van der Waals surface area (Å²) in [7, 11) is 0. The molecule has 0 bridgehead atoms. The number of aromatic nitrogens is 1. The van der Waals surface area contributed by atoms with Gasteiger partial charge >= 0.3 is 6.18 Å². The second-order valence-corrected chi connectivity index (χ2v) is 8.05. The summed E-state index contributed by atoms with van der Waals surface area (Å²) in [5.74, 6) is 0. The fourth-order valence-corrected chi connectivity index (χ4v) is 4.83. The van der Waals surface area contributed by atoms with Crippen molar-refractivity contribution in [2.45, 2.75) is 20.0 Å². The maximum Gasteiger partial charge on any atom is 0.416 e. The number of nitrogens with zero attached hydrogens (tertiary/aromatic N) is 1. The van der Waals surface area contributed by atoms with E-state index in [1.807, 2.05) is 50.2 Å². The third-order valence-corrected chi connectivity index (χ3v) is 6.35. The standard InChI is InChI=1S/C26H16F3N/c1-13-9-19-21-12-15(26(27,28)29)11-20-17-6-4-3-5-16(17)18-7-8-30-25(24(18)23(20)21)22(19)10-14(13)2/h3-12H,1-2H3. The van der Waals surface area contributed by atoms with E-state index in [0.29, 0.717) is 10.8 Å². The van der Waals surface area contributed by atoms with Gasteiger partial charge in [-0.3, -0.25) is 4.98 Å². The Labute approximate surface area is 170 Å². The van der Waals surface area contributed by atoms with Gasteiger partial charge < -0.3 is 0 Å². The third kappa shape index (κ3) is 2.16. The fourth-order valence-electron chi connectivity index (χ4n) is 4.83. The molecule has 0 amide bonds. The van der Waals surface area contributed by atoms with Crippen LogP contribution in [-0.4, -0.2) is 4.98 Å². The second-order valence-electron chi connectivity index (χ2n) is 8.05. The molecule has 1 nitrogen and oxygen atoms in total. The lowest BCUT2D eigenvalue weighted by atomic mass is 9.86. The van der Waals surface area contributed by atoms with Crippen LogP contribution in [0.1, 0.15) is 16.7 Å². The monoisotopic (exact) mass is 399 g/mol. The van der Waals surface area contributed by atoms with Crippen molar-refractivity contribution in [3.63, 3.8) is 0 Å².